The predicted octanol–water partition coefficient (Wildman–Crippen LogP) is 2.29. The molecule has 1 aromatic rings. The van der Waals surface area contributed by atoms with Crippen molar-refractivity contribution in [2.45, 2.75) is 44.7 Å². The first-order valence-corrected chi connectivity index (χ1v) is 14.7. The molecule has 20 heteroatoms. The lowest BCUT2D eigenvalue weighted by Crippen LogP contribution is -2.72. The largest absolute Gasteiger partial charge is 0.427 e. The fourth-order valence-electron chi connectivity index (χ4n) is 4.49. The van der Waals surface area contributed by atoms with Gasteiger partial charge in [0.25, 0.3) is 17.7 Å². The van der Waals surface area contributed by atoms with E-state index in [9.17, 15) is 37.1 Å². The fourth-order valence-corrected chi connectivity index (χ4v) is 6.37. The van der Waals surface area contributed by atoms with Crippen LogP contribution < -0.4 is 10.6 Å². The molecule has 0 spiro atoms. The summed E-state index contributed by atoms with van der Waals surface area (Å²) in [4.78, 5) is 70.7. The number of allylic oxidation sites excluding steroid dienone is 1. The molecule has 3 N–H and O–H groups in total. The molecular weight excluding hydrogens is 669 g/mol. The average Bonchev–Trinajstić information content (AvgIpc) is 3.55. The number of hydrogen-bond donors (Lipinski definition) is 2. The van der Waals surface area contributed by atoms with Crippen LogP contribution >= 0.6 is 35.5 Å². The maximum Gasteiger partial charge on any atom is 0.358 e. The van der Waals surface area contributed by atoms with E-state index in [1.165, 1.54) is 11.5 Å². The molecule has 3 amide bonds. The average molecular weight is 697 g/mol. The first kappa shape index (κ1) is 35.6. The van der Waals surface area contributed by atoms with Gasteiger partial charge in [0.05, 0.1) is 5.41 Å². The Hall–Kier alpha value is -3.84. The van der Waals surface area contributed by atoms with Crippen LogP contribution in [0.4, 0.5) is 24.1 Å². The quantitative estimate of drug-likeness (QED) is 0.0564. The second kappa shape index (κ2) is 13.7. The molecule has 2 atom stereocenters. The summed E-state index contributed by atoms with van der Waals surface area (Å²) in [7, 11) is 0. The monoisotopic (exact) mass is 696 g/mol. The number of esters is 2. The Bertz CT molecular complexity index is 1480. The van der Waals surface area contributed by atoms with E-state index in [-0.39, 0.29) is 57.3 Å². The van der Waals surface area contributed by atoms with Crippen LogP contribution in [0.25, 0.3) is 0 Å². The molecule has 45 heavy (non-hydrogen) atoms. The van der Waals surface area contributed by atoms with Crippen molar-refractivity contribution >= 4 is 82.3 Å². The Morgan fingerprint density at radius 2 is 1.96 bits per heavy atom. The van der Waals surface area contributed by atoms with Crippen LogP contribution in [0.2, 0.25) is 0 Å². The van der Waals surface area contributed by atoms with Crippen LogP contribution in [-0.2, 0) is 33.4 Å². The molecule has 0 radical (unpaired) electrons. The third kappa shape index (κ3) is 7.04. The zero-order chi connectivity index (χ0) is 32.6. The Morgan fingerprint density at radius 3 is 2.53 bits per heavy atom. The van der Waals surface area contributed by atoms with Gasteiger partial charge in [0.1, 0.15) is 29.1 Å². The summed E-state index contributed by atoms with van der Waals surface area (Å²) in [6.07, 6.45) is 1.52. The molecule has 3 aliphatic heterocycles. The molecule has 4 heterocycles. The van der Waals surface area contributed by atoms with Crippen molar-refractivity contribution in [2.24, 2.45) is 10.6 Å². The van der Waals surface area contributed by atoms with Gasteiger partial charge in [-0.25, -0.2) is 14.2 Å². The number of ether oxygens (including phenoxy) is 2. The number of nitrogens with zero attached hydrogens (tertiary/aromatic N) is 5. The number of oxime groups is 1. The highest BCUT2D eigenvalue weighted by molar-refractivity contribution is 8.00. The van der Waals surface area contributed by atoms with E-state index in [4.69, 9.17) is 20.4 Å². The van der Waals surface area contributed by atoms with Gasteiger partial charge in [0.2, 0.25) is 6.79 Å². The van der Waals surface area contributed by atoms with Gasteiger partial charge < -0.3 is 20.4 Å². The van der Waals surface area contributed by atoms with Crippen molar-refractivity contribution in [1.29, 1.82) is 0 Å². The van der Waals surface area contributed by atoms with Crippen molar-refractivity contribution in [3.63, 3.8) is 0 Å². The Balaban J connectivity index is 0.00000552. The number of hydrogen-bond acceptors (Lipinski definition) is 13. The topological polar surface area (TPSA) is 185 Å². The summed E-state index contributed by atoms with van der Waals surface area (Å²) in [6.45, 7) is 1.34. The summed E-state index contributed by atoms with van der Waals surface area (Å²) < 4.78 is 50.9. The summed E-state index contributed by atoms with van der Waals surface area (Å²) in [5.74, 6) is -4.78. The Labute approximate surface area is 268 Å². The Morgan fingerprint density at radius 1 is 1.27 bits per heavy atom. The highest BCUT2D eigenvalue weighted by Gasteiger charge is 2.58. The number of rotatable bonds is 9. The van der Waals surface area contributed by atoms with Gasteiger partial charge in [-0.1, -0.05) is 5.16 Å². The number of carbonyl (C=O) groups is 5. The van der Waals surface area contributed by atoms with Gasteiger partial charge in [0.15, 0.2) is 11.8 Å². The van der Waals surface area contributed by atoms with Gasteiger partial charge in [-0.15, -0.1) is 35.5 Å². The number of nitrogen functional groups attached to an aromatic ring is 1. The Kier molecular flexibility index (Phi) is 10.8. The molecule has 14 nitrogen and oxygen atoms in total. The summed E-state index contributed by atoms with van der Waals surface area (Å²) >= 11 is 2.05. The van der Waals surface area contributed by atoms with E-state index >= 15 is 0 Å². The third-order valence-corrected chi connectivity index (χ3v) is 8.57. The second-order valence-electron chi connectivity index (χ2n) is 10.6. The number of fused-ring (bicyclic) bond motifs is 1. The van der Waals surface area contributed by atoms with E-state index in [0.717, 1.165) is 32.9 Å². The van der Waals surface area contributed by atoms with E-state index < -0.39 is 72.5 Å². The highest BCUT2D eigenvalue weighted by Crippen LogP contribution is 2.45. The molecular formula is C25H28ClF3N6O8S2. The number of nitrogens with two attached hydrogens (primary N) is 1. The minimum atomic E-state index is -4.03. The van der Waals surface area contributed by atoms with E-state index in [2.05, 4.69) is 10.1 Å². The van der Waals surface area contributed by atoms with Gasteiger partial charge >= 0.3 is 18.0 Å². The lowest BCUT2D eigenvalue weighted by molar-refractivity contribution is -0.173. The number of halogens is 4. The highest BCUT2D eigenvalue weighted by atomic mass is 35.5. The number of alkyl halides is 3. The fraction of sp³-hybridized carbons (Fsp3) is 0.480. The summed E-state index contributed by atoms with van der Waals surface area (Å²) in [5, 5.41) is 12.2. The molecule has 3 aliphatic rings. The minimum Gasteiger partial charge on any atom is -0.427 e. The molecule has 4 rings (SSSR count). The van der Waals surface area contributed by atoms with Gasteiger partial charge in [-0.2, -0.15) is 8.78 Å². The van der Waals surface area contributed by atoms with Crippen molar-refractivity contribution in [1.82, 2.24) is 14.8 Å². The normalized spacial score (nSPS) is 21.1. The minimum absolute atomic E-state index is 0. The molecule has 0 aromatic carbocycles. The molecule has 246 valence electrons. The molecule has 0 saturated carbocycles. The first-order valence-electron chi connectivity index (χ1n) is 12.8. The van der Waals surface area contributed by atoms with E-state index in [1.807, 2.05) is 0 Å². The van der Waals surface area contributed by atoms with Crippen LogP contribution in [0.15, 0.2) is 33.5 Å². The molecule has 2 saturated heterocycles. The van der Waals surface area contributed by atoms with E-state index in [1.54, 1.807) is 20.8 Å². The number of aromatic nitrogens is 1. The lowest BCUT2D eigenvalue weighted by Gasteiger charge is -2.52. The maximum absolute atomic E-state index is 14.0. The zero-order valence-corrected chi connectivity index (χ0v) is 26.3. The summed E-state index contributed by atoms with van der Waals surface area (Å²) in [5.41, 5.74) is 4.30. The first-order chi connectivity index (χ1) is 20.6. The van der Waals surface area contributed by atoms with Crippen LogP contribution in [0, 0.1) is 5.41 Å². The van der Waals surface area contributed by atoms with Crippen LogP contribution in [0.1, 0.15) is 27.2 Å². The smallest absolute Gasteiger partial charge is 0.358 e. The number of carbonyl (C=O) groups excluding carboxylic acids is 5. The second-order valence-corrected chi connectivity index (χ2v) is 12.6. The third-order valence-electron chi connectivity index (χ3n) is 6.62. The van der Waals surface area contributed by atoms with Crippen molar-refractivity contribution in [2.75, 3.05) is 36.4 Å². The number of anilines is 2. The molecule has 0 bridgehead atoms. The number of thiazole rings is 1. The van der Waals surface area contributed by atoms with Crippen molar-refractivity contribution in [3.05, 3.63) is 28.3 Å². The van der Waals surface area contributed by atoms with E-state index in [0.29, 0.717) is 6.21 Å². The van der Waals surface area contributed by atoms with Gasteiger partial charge in [-0.05, 0) is 38.8 Å². The van der Waals surface area contributed by atoms with Crippen LogP contribution in [0.3, 0.4) is 0 Å². The van der Waals surface area contributed by atoms with Crippen LogP contribution in [-0.4, -0.2) is 99.1 Å². The number of thioether (sulfide) groups is 1. The predicted molar refractivity (Wildman–Crippen MR) is 157 cm³/mol. The lowest BCUT2D eigenvalue weighted by atomic mass is 9.98. The summed E-state index contributed by atoms with van der Waals surface area (Å²) in [6, 6.07) is -5.28. The van der Waals surface area contributed by atoms with Gasteiger partial charge in [-0.3, -0.25) is 33.9 Å². The maximum atomic E-state index is 14.0. The zero-order valence-electron chi connectivity index (χ0n) is 23.9. The molecule has 0 aliphatic carbocycles. The van der Waals surface area contributed by atoms with Crippen molar-refractivity contribution in [3.8, 4) is 0 Å². The van der Waals surface area contributed by atoms with Gasteiger partial charge in [0, 0.05) is 23.3 Å². The van der Waals surface area contributed by atoms with Crippen LogP contribution in [0.5, 0.6) is 0 Å². The molecule has 0 unspecified atom stereocenters. The molecule has 2 fully saturated rings. The van der Waals surface area contributed by atoms with Crippen molar-refractivity contribution < 1.29 is 51.8 Å². The number of amides is 3. The standard InChI is InChI=1S/C25H27F3N6O8S2.ClH/c1-24(2,3)22(39)42-11-41-21(38)16-13(6-12-4-5-32(18(12)36)25(27,28)10-26)8-43-20-17(19(37)34(16)20)33(15(35)7-30-40)14-9-44-23(29)31-14;/h6-7,9,17,20,40H,4-5,8,10-11H2,1-3H3,(H2,29,31);1H/b12-6+,30-7-;/t17-,20-;/m1./s1. The number of likely N-dealkylation sites (tertiary alicyclic amines) is 1. The molecule has 1 aromatic heterocycles. The number of β-lactam (4-membered cyclic amide) rings is 1. The SMILES string of the molecule is CC(C)(C)C(=O)OCOC(=O)C1=C(/C=C2\CCN(C(F)(F)CF)C2=O)CS[C@@H]2[C@H](N(C(=O)/C=N\O)c3csc(N)n3)C(=O)N12.Cl.